The summed E-state index contributed by atoms with van der Waals surface area (Å²) in [4.78, 5) is 0. The van der Waals surface area contributed by atoms with Crippen molar-refractivity contribution >= 4 is 27.5 Å². The number of hydrogen-bond acceptors (Lipinski definition) is 4. The molecule has 0 bridgehead atoms. The Hall–Kier alpha value is -1.95. The number of benzene rings is 2. The van der Waals surface area contributed by atoms with E-state index in [4.69, 9.17) is 25.5 Å². The van der Waals surface area contributed by atoms with E-state index in [-0.39, 0.29) is 0 Å². The van der Waals surface area contributed by atoms with E-state index < -0.39 is 0 Å². The Bertz CT molecular complexity index is 909. The highest BCUT2D eigenvalue weighted by atomic mass is 79.9. The highest BCUT2D eigenvalue weighted by Gasteiger charge is 2.13. The Labute approximate surface area is 158 Å². The zero-order chi connectivity index (χ0) is 17.2. The minimum Gasteiger partial charge on any atom is -0.460 e. The maximum Gasteiger partial charge on any atom is 0.231 e. The van der Waals surface area contributed by atoms with Crippen LogP contribution in [0.3, 0.4) is 0 Å². The van der Waals surface area contributed by atoms with Crippen LogP contribution >= 0.6 is 27.5 Å². The van der Waals surface area contributed by atoms with Crippen LogP contribution in [0, 0.1) is 0 Å². The summed E-state index contributed by atoms with van der Waals surface area (Å²) < 4.78 is 17.5. The second kappa shape index (κ2) is 7.12. The van der Waals surface area contributed by atoms with Gasteiger partial charge in [-0.25, -0.2) is 0 Å². The molecule has 0 amide bonds. The minimum atomic E-state index is 0.292. The topological polar surface area (TPSA) is 43.6 Å². The summed E-state index contributed by atoms with van der Waals surface area (Å²) in [6, 6.07) is 15.6. The standard InChI is InChI=1S/C19H15BrClNO3/c20-13-2-4-15(16(21)8-13)17-6-3-14(25-17)10-22-9-12-1-5-18-19(7-12)24-11-23-18/h1-8,22H,9-11H2. The summed E-state index contributed by atoms with van der Waals surface area (Å²) in [7, 11) is 0. The molecule has 0 aliphatic carbocycles. The van der Waals surface area contributed by atoms with Gasteiger partial charge in [-0.2, -0.15) is 0 Å². The zero-order valence-electron chi connectivity index (χ0n) is 13.2. The number of ether oxygens (including phenoxy) is 2. The Morgan fingerprint density at radius 1 is 0.960 bits per heavy atom. The third-order valence-electron chi connectivity index (χ3n) is 3.92. The molecular formula is C19H15BrClNO3. The number of halogens is 2. The molecule has 0 atom stereocenters. The van der Waals surface area contributed by atoms with Gasteiger partial charge in [0.25, 0.3) is 0 Å². The fraction of sp³-hybridized carbons (Fsp3) is 0.158. The smallest absolute Gasteiger partial charge is 0.231 e. The molecule has 1 aromatic heterocycles. The molecule has 0 saturated carbocycles. The van der Waals surface area contributed by atoms with Gasteiger partial charge in [0, 0.05) is 16.6 Å². The predicted octanol–water partition coefficient (Wildman–Crippen LogP) is 5.38. The molecule has 0 fully saturated rings. The molecule has 0 unspecified atom stereocenters. The second-order valence-corrected chi connectivity index (χ2v) is 7.00. The van der Waals surface area contributed by atoms with Gasteiger partial charge in [-0.1, -0.05) is 33.6 Å². The Kier molecular flexibility index (Phi) is 4.70. The van der Waals surface area contributed by atoms with Gasteiger partial charge in [0.15, 0.2) is 11.5 Å². The summed E-state index contributed by atoms with van der Waals surface area (Å²) in [5.41, 5.74) is 2.01. The highest BCUT2D eigenvalue weighted by Crippen LogP contribution is 2.33. The molecule has 1 N–H and O–H groups in total. The predicted molar refractivity (Wildman–Crippen MR) is 100.0 cm³/mol. The van der Waals surface area contributed by atoms with Crippen molar-refractivity contribution in [3.05, 3.63) is 69.3 Å². The molecule has 1 aliphatic heterocycles. The fourth-order valence-corrected chi connectivity index (χ4v) is 3.45. The quantitative estimate of drug-likeness (QED) is 0.602. The lowest BCUT2D eigenvalue weighted by molar-refractivity contribution is 0.174. The lowest BCUT2D eigenvalue weighted by atomic mass is 10.2. The first-order valence-corrected chi connectivity index (χ1v) is 8.99. The molecule has 128 valence electrons. The van der Waals surface area contributed by atoms with E-state index >= 15 is 0 Å². The normalized spacial score (nSPS) is 12.6. The molecule has 0 radical (unpaired) electrons. The van der Waals surface area contributed by atoms with Gasteiger partial charge in [0.05, 0.1) is 11.6 Å². The Balaban J connectivity index is 1.38. The maximum atomic E-state index is 6.28. The van der Waals surface area contributed by atoms with E-state index in [1.807, 2.05) is 48.5 Å². The van der Waals surface area contributed by atoms with Crippen LogP contribution in [-0.2, 0) is 13.1 Å². The van der Waals surface area contributed by atoms with Gasteiger partial charge in [-0.3, -0.25) is 0 Å². The van der Waals surface area contributed by atoms with Crippen LogP contribution in [0.1, 0.15) is 11.3 Å². The molecule has 4 rings (SSSR count). The molecule has 25 heavy (non-hydrogen) atoms. The lowest BCUT2D eigenvalue weighted by Gasteiger charge is -2.05. The number of hydrogen-bond donors (Lipinski definition) is 1. The van der Waals surface area contributed by atoms with Gasteiger partial charge in [0.1, 0.15) is 11.5 Å². The fourth-order valence-electron chi connectivity index (χ4n) is 2.69. The van der Waals surface area contributed by atoms with Crippen molar-refractivity contribution in [2.45, 2.75) is 13.1 Å². The average molecular weight is 421 g/mol. The maximum absolute atomic E-state index is 6.28. The van der Waals surface area contributed by atoms with E-state index in [2.05, 4.69) is 21.2 Å². The van der Waals surface area contributed by atoms with Gasteiger partial charge in [0.2, 0.25) is 6.79 Å². The van der Waals surface area contributed by atoms with Crippen molar-refractivity contribution in [2.24, 2.45) is 0 Å². The molecule has 3 aromatic rings. The summed E-state index contributed by atoms with van der Waals surface area (Å²) in [6.45, 7) is 1.63. The lowest BCUT2D eigenvalue weighted by Crippen LogP contribution is -2.11. The van der Waals surface area contributed by atoms with Crippen molar-refractivity contribution in [1.82, 2.24) is 5.32 Å². The summed E-state index contributed by atoms with van der Waals surface area (Å²) in [5.74, 6) is 3.21. The Morgan fingerprint density at radius 3 is 2.72 bits per heavy atom. The molecule has 6 heteroatoms. The van der Waals surface area contributed by atoms with E-state index in [1.54, 1.807) is 0 Å². The molecule has 0 saturated heterocycles. The van der Waals surface area contributed by atoms with Crippen LogP contribution in [0.5, 0.6) is 11.5 Å². The largest absolute Gasteiger partial charge is 0.460 e. The Morgan fingerprint density at radius 2 is 1.84 bits per heavy atom. The number of nitrogens with one attached hydrogen (secondary N) is 1. The van der Waals surface area contributed by atoms with Crippen LogP contribution in [0.15, 0.2) is 57.4 Å². The summed E-state index contributed by atoms with van der Waals surface area (Å²) >= 11 is 9.68. The second-order valence-electron chi connectivity index (χ2n) is 5.68. The van der Waals surface area contributed by atoms with Crippen LogP contribution in [0.4, 0.5) is 0 Å². The highest BCUT2D eigenvalue weighted by molar-refractivity contribution is 9.10. The summed E-state index contributed by atoms with van der Waals surface area (Å²) in [6.07, 6.45) is 0. The first-order valence-electron chi connectivity index (χ1n) is 7.82. The van der Waals surface area contributed by atoms with Crippen molar-refractivity contribution in [2.75, 3.05) is 6.79 Å². The zero-order valence-corrected chi connectivity index (χ0v) is 15.6. The van der Waals surface area contributed by atoms with Crippen LogP contribution in [-0.4, -0.2) is 6.79 Å². The van der Waals surface area contributed by atoms with E-state index in [1.165, 1.54) is 0 Å². The SMILES string of the molecule is Clc1cc(Br)ccc1-c1ccc(CNCc2ccc3c(c2)OCO3)o1. The molecule has 2 aromatic carbocycles. The van der Waals surface area contributed by atoms with E-state index in [0.717, 1.165) is 38.6 Å². The van der Waals surface area contributed by atoms with Crippen LogP contribution in [0.25, 0.3) is 11.3 Å². The third kappa shape index (κ3) is 3.68. The van der Waals surface area contributed by atoms with Crippen molar-refractivity contribution < 1.29 is 13.9 Å². The van der Waals surface area contributed by atoms with Crippen LogP contribution in [0.2, 0.25) is 5.02 Å². The van der Waals surface area contributed by atoms with Crippen molar-refractivity contribution in [3.8, 4) is 22.8 Å². The summed E-state index contributed by atoms with van der Waals surface area (Å²) in [5, 5.41) is 4.02. The first kappa shape index (κ1) is 16.5. The van der Waals surface area contributed by atoms with Crippen LogP contribution < -0.4 is 14.8 Å². The van der Waals surface area contributed by atoms with Gasteiger partial charge in [-0.15, -0.1) is 0 Å². The van der Waals surface area contributed by atoms with E-state index in [0.29, 0.717) is 24.9 Å². The first-order chi connectivity index (χ1) is 12.2. The van der Waals surface area contributed by atoms with E-state index in [9.17, 15) is 0 Å². The monoisotopic (exact) mass is 419 g/mol. The number of rotatable bonds is 5. The molecule has 0 spiro atoms. The number of fused-ring (bicyclic) bond motifs is 1. The van der Waals surface area contributed by atoms with Crippen molar-refractivity contribution in [3.63, 3.8) is 0 Å². The van der Waals surface area contributed by atoms with Crippen molar-refractivity contribution in [1.29, 1.82) is 0 Å². The van der Waals surface area contributed by atoms with Gasteiger partial charge in [-0.05, 0) is 48.0 Å². The average Bonchev–Trinajstić information content (AvgIpc) is 3.23. The molecule has 1 aliphatic rings. The van der Waals surface area contributed by atoms with Gasteiger partial charge < -0.3 is 19.2 Å². The molecule has 2 heterocycles. The molecular weight excluding hydrogens is 406 g/mol. The molecule has 4 nitrogen and oxygen atoms in total. The third-order valence-corrected chi connectivity index (χ3v) is 4.73. The minimum absolute atomic E-state index is 0.292. The van der Waals surface area contributed by atoms with Gasteiger partial charge >= 0.3 is 0 Å². The number of furan rings is 1.